The SMILES string of the molecule is Cc1ccc2cc(C(=O)N(C)C)nn2c1. The van der Waals surface area contributed by atoms with Gasteiger partial charge in [-0.25, -0.2) is 4.52 Å². The molecule has 0 saturated carbocycles. The van der Waals surface area contributed by atoms with Gasteiger partial charge in [0, 0.05) is 20.3 Å². The lowest BCUT2D eigenvalue weighted by molar-refractivity contribution is 0.0821. The number of rotatable bonds is 1. The van der Waals surface area contributed by atoms with E-state index in [1.807, 2.05) is 25.3 Å². The van der Waals surface area contributed by atoms with E-state index in [2.05, 4.69) is 5.10 Å². The van der Waals surface area contributed by atoms with Crippen molar-refractivity contribution in [1.29, 1.82) is 0 Å². The molecule has 0 radical (unpaired) electrons. The Kier molecular flexibility index (Phi) is 2.19. The van der Waals surface area contributed by atoms with Gasteiger partial charge in [0.1, 0.15) is 0 Å². The van der Waals surface area contributed by atoms with Crippen molar-refractivity contribution < 1.29 is 4.79 Å². The summed E-state index contributed by atoms with van der Waals surface area (Å²) in [5, 5.41) is 4.22. The summed E-state index contributed by atoms with van der Waals surface area (Å²) in [6, 6.07) is 5.75. The first-order valence-electron chi connectivity index (χ1n) is 4.75. The normalized spacial score (nSPS) is 10.6. The van der Waals surface area contributed by atoms with Crippen molar-refractivity contribution in [3.8, 4) is 0 Å². The van der Waals surface area contributed by atoms with Gasteiger partial charge in [0.15, 0.2) is 5.69 Å². The van der Waals surface area contributed by atoms with Crippen LogP contribution in [-0.2, 0) is 0 Å². The lowest BCUT2D eigenvalue weighted by Gasteiger charge is -2.06. The van der Waals surface area contributed by atoms with E-state index in [-0.39, 0.29) is 5.91 Å². The Morgan fingerprint density at radius 2 is 2.13 bits per heavy atom. The molecular weight excluding hydrogens is 190 g/mol. The van der Waals surface area contributed by atoms with Crippen LogP contribution in [0.15, 0.2) is 24.4 Å². The number of pyridine rings is 1. The van der Waals surface area contributed by atoms with Crippen LogP contribution in [0.3, 0.4) is 0 Å². The first-order valence-corrected chi connectivity index (χ1v) is 4.75. The van der Waals surface area contributed by atoms with Crippen molar-refractivity contribution in [2.75, 3.05) is 14.1 Å². The Bertz CT molecular complexity index is 514. The highest BCUT2D eigenvalue weighted by molar-refractivity contribution is 5.93. The van der Waals surface area contributed by atoms with E-state index in [0.717, 1.165) is 11.1 Å². The van der Waals surface area contributed by atoms with Crippen molar-refractivity contribution in [3.63, 3.8) is 0 Å². The second-order valence-electron chi connectivity index (χ2n) is 3.81. The lowest BCUT2D eigenvalue weighted by Crippen LogP contribution is -2.22. The molecule has 0 fully saturated rings. The third-order valence-corrected chi connectivity index (χ3v) is 2.23. The quantitative estimate of drug-likeness (QED) is 0.701. The summed E-state index contributed by atoms with van der Waals surface area (Å²) in [4.78, 5) is 13.2. The molecule has 4 nitrogen and oxygen atoms in total. The van der Waals surface area contributed by atoms with Gasteiger partial charge in [0.2, 0.25) is 0 Å². The molecule has 0 N–H and O–H groups in total. The van der Waals surface area contributed by atoms with Gasteiger partial charge in [-0.3, -0.25) is 4.79 Å². The van der Waals surface area contributed by atoms with E-state index < -0.39 is 0 Å². The summed E-state index contributed by atoms with van der Waals surface area (Å²) < 4.78 is 1.73. The number of amides is 1. The van der Waals surface area contributed by atoms with E-state index >= 15 is 0 Å². The molecule has 4 heteroatoms. The molecule has 78 valence electrons. The average Bonchev–Trinajstić information content (AvgIpc) is 2.58. The van der Waals surface area contributed by atoms with E-state index in [0.29, 0.717) is 5.69 Å². The van der Waals surface area contributed by atoms with Crippen LogP contribution in [0.5, 0.6) is 0 Å². The van der Waals surface area contributed by atoms with E-state index in [4.69, 9.17) is 0 Å². The third-order valence-electron chi connectivity index (χ3n) is 2.23. The standard InChI is InChI=1S/C11H13N3O/c1-8-4-5-9-6-10(11(15)13(2)3)12-14(9)7-8/h4-7H,1-3H3. The first-order chi connectivity index (χ1) is 7.08. The molecule has 0 atom stereocenters. The minimum atomic E-state index is -0.0728. The Labute approximate surface area is 88.1 Å². The summed E-state index contributed by atoms with van der Waals surface area (Å²) in [5.74, 6) is -0.0728. The van der Waals surface area contributed by atoms with Crippen molar-refractivity contribution in [2.45, 2.75) is 6.92 Å². The highest BCUT2D eigenvalue weighted by Crippen LogP contribution is 2.09. The van der Waals surface area contributed by atoms with E-state index in [1.165, 1.54) is 4.90 Å². The molecule has 2 aromatic heterocycles. The Morgan fingerprint density at radius 3 is 2.80 bits per heavy atom. The number of hydrogen-bond acceptors (Lipinski definition) is 2. The fourth-order valence-electron chi connectivity index (χ4n) is 1.42. The van der Waals surface area contributed by atoms with Gasteiger partial charge in [-0.05, 0) is 24.6 Å². The van der Waals surface area contributed by atoms with Crippen molar-refractivity contribution >= 4 is 11.4 Å². The third kappa shape index (κ3) is 1.70. The smallest absolute Gasteiger partial charge is 0.273 e. The number of nitrogens with zero attached hydrogens (tertiary/aromatic N) is 3. The molecule has 0 spiro atoms. The molecule has 1 amide bonds. The maximum Gasteiger partial charge on any atom is 0.273 e. The van der Waals surface area contributed by atoms with Gasteiger partial charge in [-0.15, -0.1) is 0 Å². The summed E-state index contributed by atoms with van der Waals surface area (Å²) in [7, 11) is 3.44. The van der Waals surface area contributed by atoms with Crippen LogP contribution >= 0.6 is 0 Å². The fourth-order valence-corrected chi connectivity index (χ4v) is 1.42. The van der Waals surface area contributed by atoms with Gasteiger partial charge >= 0.3 is 0 Å². The molecule has 0 aliphatic heterocycles. The van der Waals surface area contributed by atoms with Gasteiger partial charge in [-0.2, -0.15) is 5.10 Å². The molecule has 2 aromatic rings. The number of hydrogen-bond donors (Lipinski definition) is 0. The minimum Gasteiger partial charge on any atom is -0.343 e. The molecule has 2 heterocycles. The molecule has 0 aliphatic rings. The Hall–Kier alpha value is -1.84. The largest absolute Gasteiger partial charge is 0.343 e. The van der Waals surface area contributed by atoms with Crippen LogP contribution < -0.4 is 0 Å². The molecular formula is C11H13N3O. The summed E-state index contributed by atoms with van der Waals surface area (Å²) in [5.41, 5.74) is 2.53. The van der Waals surface area contributed by atoms with Crippen LogP contribution in [0.1, 0.15) is 16.1 Å². The summed E-state index contributed by atoms with van der Waals surface area (Å²) in [6.45, 7) is 1.99. The van der Waals surface area contributed by atoms with Gasteiger partial charge in [0.05, 0.1) is 5.52 Å². The van der Waals surface area contributed by atoms with Crippen LogP contribution in [0.25, 0.3) is 5.52 Å². The highest BCUT2D eigenvalue weighted by Gasteiger charge is 2.12. The number of aromatic nitrogens is 2. The number of fused-ring (bicyclic) bond motifs is 1. The van der Waals surface area contributed by atoms with E-state index in [1.54, 1.807) is 24.7 Å². The van der Waals surface area contributed by atoms with E-state index in [9.17, 15) is 4.79 Å². The number of carbonyl (C=O) groups is 1. The number of aryl methyl sites for hydroxylation is 1. The molecule has 0 aromatic carbocycles. The second kappa shape index (κ2) is 3.38. The molecule has 0 unspecified atom stereocenters. The topological polar surface area (TPSA) is 37.6 Å². The highest BCUT2D eigenvalue weighted by atomic mass is 16.2. The maximum absolute atomic E-state index is 11.6. The predicted molar refractivity (Wildman–Crippen MR) is 57.9 cm³/mol. The molecule has 15 heavy (non-hydrogen) atoms. The zero-order chi connectivity index (χ0) is 11.0. The first kappa shape index (κ1) is 9.71. The van der Waals surface area contributed by atoms with Crippen LogP contribution in [0.2, 0.25) is 0 Å². The van der Waals surface area contributed by atoms with Gasteiger partial charge < -0.3 is 4.90 Å². The van der Waals surface area contributed by atoms with Gasteiger partial charge in [0.25, 0.3) is 5.91 Å². The maximum atomic E-state index is 11.6. The van der Waals surface area contributed by atoms with Crippen molar-refractivity contribution in [2.24, 2.45) is 0 Å². The fraction of sp³-hybridized carbons (Fsp3) is 0.273. The van der Waals surface area contributed by atoms with Crippen molar-refractivity contribution in [1.82, 2.24) is 14.5 Å². The summed E-state index contributed by atoms with van der Waals surface area (Å²) >= 11 is 0. The molecule has 0 bridgehead atoms. The lowest BCUT2D eigenvalue weighted by atomic mass is 10.3. The Morgan fingerprint density at radius 1 is 1.40 bits per heavy atom. The predicted octanol–water partition coefficient (Wildman–Crippen LogP) is 1.34. The zero-order valence-corrected chi connectivity index (χ0v) is 9.06. The van der Waals surface area contributed by atoms with Crippen LogP contribution in [0.4, 0.5) is 0 Å². The van der Waals surface area contributed by atoms with Crippen LogP contribution in [-0.4, -0.2) is 34.5 Å². The Balaban J connectivity index is 2.52. The average molecular weight is 203 g/mol. The van der Waals surface area contributed by atoms with Crippen LogP contribution in [0, 0.1) is 6.92 Å². The number of carbonyl (C=O) groups excluding carboxylic acids is 1. The second-order valence-corrected chi connectivity index (χ2v) is 3.81. The molecule has 0 aliphatic carbocycles. The minimum absolute atomic E-state index is 0.0728. The molecule has 2 rings (SSSR count). The monoisotopic (exact) mass is 203 g/mol. The summed E-state index contributed by atoms with van der Waals surface area (Å²) in [6.07, 6.45) is 1.90. The van der Waals surface area contributed by atoms with Crippen molar-refractivity contribution in [3.05, 3.63) is 35.7 Å². The van der Waals surface area contributed by atoms with Gasteiger partial charge in [-0.1, -0.05) is 6.07 Å². The zero-order valence-electron chi connectivity index (χ0n) is 9.06. The molecule has 0 saturated heterocycles.